The summed E-state index contributed by atoms with van der Waals surface area (Å²) >= 11 is 0. The van der Waals surface area contributed by atoms with E-state index in [0.717, 1.165) is 0 Å². The molecule has 9 N–H and O–H groups in total. The summed E-state index contributed by atoms with van der Waals surface area (Å²) in [6, 6.07) is -1.22. The van der Waals surface area contributed by atoms with Crippen LogP contribution in [0.15, 0.2) is 0 Å². The molecular weight excluding hydrogens is 659 g/mol. The van der Waals surface area contributed by atoms with E-state index in [2.05, 4.69) is 5.32 Å². The molecule has 47 heavy (non-hydrogen) atoms. The van der Waals surface area contributed by atoms with Crippen molar-refractivity contribution in [2.45, 2.75) is 106 Å². The summed E-state index contributed by atoms with van der Waals surface area (Å²) in [5, 5.41) is 55.9. The molecule has 21 heteroatoms. The number of nitrogens with two attached hydrogens (primary N) is 1. The number of phosphoric ester groups is 1. The number of carbonyl (C=O) groups is 1. The lowest BCUT2D eigenvalue weighted by atomic mass is 9.95. The van der Waals surface area contributed by atoms with E-state index in [4.69, 9.17) is 52.7 Å². The maximum Gasteiger partial charge on any atom is 0.472 e. The number of amides is 1. The normalized spacial score (nSPS) is 44.1. The SMILES string of the molecule is CC(=O)N[C@H]1[C@H](OCCOCCOCCN)O[C@H](CO)[C@@H](O)[C@@H]1O[C@@H]1O[C@@H]2COP(=O)(O)O[C@@H]2[C@H](O)[C@H]1O[C@@H]1O[C@@H](C)[C@@H](O)C[C@H]1O. The molecule has 1 amide bonds. The summed E-state index contributed by atoms with van der Waals surface area (Å²) in [6.45, 7) is 2.96. The molecule has 0 spiro atoms. The summed E-state index contributed by atoms with van der Waals surface area (Å²) in [6.07, 6.45) is -17.9. The van der Waals surface area contributed by atoms with Gasteiger partial charge in [0.15, 0.2) is 18.9 Å². The topological polar surface area (TPSA) is 286 Å². The maximum absolute atomic E-state index is 12.3. The van der Waals surface area contributed by atoms with E-state index < -0.39 is 113 Å². The summed E-state index contributed by atoms with van der Waals surface area (Å²) in [5.74, 6) is -0.555. The molecule has 0 radical (unpaired) electrons. The Bertz CT molecular complexity index is 1030. The van der Waals surface area contributed by atoms with Gasteiger partial charge in [-0.1, -0.05) is 0 Å². The van der Waals surface area contributed by atoms with Crippen molar-refractivity contribution < 1.29 is 86.7 Å². The van der Waals surface area contributed by atoms with Crippen LogP contribution in [-0.2, 0) is 56.3 Å². The molecule has 4 aliphatic heterocycles. The number of aliphatic hydroxyl groups is 5. The van der Waals surface area contributed by atoms with Gasteiger partial charge in [0, 0.05) is 19.9 Å². The van der Waals surface area contributed by atoms with Crippen molar-refractivity contribution in [1.82, 2.24) is 5.32 Å². The Kier molecular flexibility index (Phi) is 14.7. The monoisotopic (exact) mass is 706 g/mol. The zero-order valence-electron chi connectivity index (χ0n) is 26.1. The summed E-state index contributed by atoms with van der Waals surface area (Å²) < 4.78 is 68.0. The Hall–Kier alpha value is -0.980. The first kappa shape index (κ1) is 38.8. The van der Waals surface area contributed by atoms with Crippen molar-refractivity contribution in [2.24, 2.45) is 5.73 Å². The fourth-order valence-electron chi connectivity index (χ4n) is 5.53. The third-order valence-corrected chi connectivity index (χ3v) is 8.90. The third-order valence-electron chi connectivity index (χ3n) is 7.91. The molecule has 4 saturated heterocycles. The molecule has 0 saturated carbocycles. The van der Waals surface area contributed by atoms with Crippen molar-refractivity contribution >= 4 is 13.7 Å². The van der Waals surface area contributed by atoms with E-state index in [1.165, 1.54) is 6.92 Å². The number of rotatable bonds is 15. The Labute approximate surface area is 270 Å². The Morgan fingerprint density at radius 3 is 2.28 bits per heavy atom. The van der Waals surface area contributed by atoms with E-state index in [0.29, 0.717) is 19.8 Å². The molecule has 0 aromatic rings. The summed E-state index contributed by atoms with van der Waals surface area (Å²) in [7, 11) is -4.57. The fourth-order valence-corrected chi connectivity index (χ4v) is 6.49. The van der Waals surface area contributed by atoms with Gasteiger partial charge in [-0.25, -0.2) is 4.57 Å². The Morgan fingerprint density at radius 2 is 1.60 bits per heavy atom. The predicted molar refractivity (Wildman–Crippen MR) is 152 cm³/mol. The van der Waals surface area contributed by atoms with Crippen LogP contribution in [0.1, 0.15) is 20.3 Å². The Morgan fingerprint density at radius 1 is 0.915 bits per heavy atom. The van der Waals surface area contributed by atoms with Gasteiger partial charge in [-0.15, -0.1) is 0 Å². The largest absolute Gasteiger partial charge is 0.472 e. The fraction of sp³-hybridized carbons (Fsp3) is 0.962. The molecule has 0 aromatic carbocycles. The molecule has 0 bridgehead atoms. The van der Waals surface area contributed by atoms with Gasteiger partial charge in [0.05, 0.1) is 58.5 Å². The molecule has 20 nitrogen and oxygen atoms in total. The van der Waals surface area contributed by atoms with E-state index in [9.17, 15) is 39.8 Å². The zero-order chi connectivity index (χ0) is 34.3. The first-order valence-electron chi connectivity index (χ1n) is 15.4. The highest BCUT2D eigenvalue weighted by Gasteiger charge is 2.57. The van der Waals surface area contributed by atoms with Crippen LogP contribution < -0.4 is 11.1 Å². The van der Waals surface area contributed by atoms with Crippen molar-refractivity contribution in [3.63, 3.8) is 0 Å². The first-order chi connectivity index (χ1) is 22.3. The standard InChI is InChI=1S/C26H47N2O18P/c1-12-14(31)9-15(32)24(41-12)45-23-20(34)21-17(11-40-47(35,36)46-21)43-26(23)44-22-18(28-13(2)30)25(42-16(10-29)19(22)33)39-8-7-38-6-5-37-4-3-27/h12,14-26,29,31-34H,3-11,27H2,1-2H3,(H,28,30)(H,35,36)/t12-,14-,15+,16+,17+,18+,19+,20-,21-,22+,23+,24-,25+,26-/m0/s1. The van der Waals surface area contributed by atoms with Crippen LogP contribution in [0, 0.1) is 0 Å². The van der Waals surface area contributed by atoms with Crippen LogP contribution in [-0.4, -0.2) is 175 Å². The van der Waals surface area contributed by atoms with Crippen LogP contribution in [0.3, 0.4) is 0 Å². The molecule has 15 atom stereocenters. The van der Waals surface area contributed by atoms with E-state index >= 15 is 0 Å². The van der Waals surface area contributed by atoms with Gasteiger partial charge >= 0.3 is 7.82 Å². The smallest absolute Gasteiger partial charge is 0.394 e. The lowest BCUT2D eigenvalue weighted by Crippen LogP contribution is -2.69. The molecule has 0 aromatic heterocycles. The highest BCUT2D eigenvalue weighted by molar-refractivity contribution is 7.47. The summed E-state index contributed by atoms with van der Waals surface area (Å²) in [5.41, 5.74) is 5.38. The van der Waals surface area contributed by atoms with Gasteiger partial charge < -0.3 is 79.4 Å². The number of fused-ring (bicyclic) bond motifs is 1. The lowest BCUT2D eigenvalue weighted by molar-refractivity contribution is -0.376. The van der Waals surface area contributed by atoms with Gasteiger partial charge in [-0.3, -0.25) is 13.8 Å². The molecule has 4 heterocycles. The number of carbonyl (C=O) groups excluding carboxylic acids is 1. The number of phosphoric acid groups is 1. The first-order valence-corrected chi connectivity index (χ1v) is 16.8. The van der Waals surface area contributed by atoms with Gasteiger partial charge in [0.25, 0.3) is 0 Å². The van der Waals surface area contributed by atoms with Gasteiger partial charge in [0.1, 0.15) is 54.9 Å². The van der Waals surface area contributed by atoms with Crippen molar-refractivity contribution in [3.8, 4) is 0 Å². The molecule has 4 aliphatic rings. The number of aliphatic hydroxyl groups excluding tert-OH is 5. The number of ether oxygens (including phenoxy) is 8. The van der Waals surface area contributed by atoms with Crippen LogP contribution in [0.4, 0.5) is 0 Å². The van der Waals surface area contributed by atoms with Crippen LogP contribution in [0.2, 0.25) is 0 Å². The second-order valence-corrected chi connectivity index (χ2v) is 12.9. The highest BCUT2D eigenvalue weighted by Crippen LogP contribution is 2.51. The van der Waals surface area contributed by atoms with Gasteiger partial charge in [-0.05, 0) is 6.92 Å². The minimum Gasteiger partial charge on any atom is -0.394 e. The Balaban J connectivity index is 1.54. The molecule has 0 aliphatic carbocycles. The number of hydrogen-bond acceptors (Lipinski definition) is 18. The van der Waals surface area contributed by atoms with Crippen LogP contribution in [0.25, 0.3) is 0 Å². The van der Waals surface area contributed by atoms with Crippen molar-refractivity contribution in [3.05, 3.63) is 0 Å². The van der Waals surface area contributed by atoms with Crippen LogP contribution >= 0.6 is 7.82 Å². The second-order valence-electron chi connectivity index (χ2n) is 11.5. The predicted octanol–water partition coefficient (Wildman–Crippen LogP) is -4.19. The number of nitrogens with one attached hydrogen (secondary N) is 1. The molecule has 4 fully saturated rings. The molecule has 4 rings (SSSR count). The maximum atomic E-state index is 12.3. The second kappa shape index (κ2) is 17.8. The zero-order valence-corrected chi connectivity index (χ0v) is 26.9. The van der Waals surface area contributed by atoms with E-state index in [1.807, 2.05) is 0 Å². The van der Waals surface area contributed by atoms with Gasteiger partial charge in [0.2, 0.25) is 5.91 Å². The number of hydrogen-bond donors (Lipinski definition) is 8. The molecular formula is C26H47N2O18P. The van der Waals surface area contributed by atoms with Crippen LogP contribution in [0.5, 0.6) is 0 Å². The van der Waals surface area contributed by atoms with E-state index in [-0.39, 0.29) is 26.2 Å². The summed E-state index contributed by atoms with van der Waals surface area (Å²) in [4.78, 5) is 22.2. The van der Waals surface area contributed by atoms with Crippen molar-refractivity contribution in [2.75, 3.05) is 52.8 Å². The minimum atomic E-state index is -4.57. The molecule has 1 unspecified atom stereocenters. The minimum absolute atomic E-state index is 0.0381. The molecule has 274 valence electrons. The lowest BCUT2D eigenvalue weighted by Gasteiger charge is -2.50. The van der Waals surface area contributed by atoms with Crippen molar-refractivity contribution in [1.29, 1.82) is 0 Å². The van der Waals surface area contributed by atoms with Gasteiger partial charge in [-0.2, -0.15) is 0 Å². The highest BCUT2D eigenvalue weighted by atomic mass is 31.2. The average molecular weight is 707 g/mol. The van der Waals surface area contributed by atoms with E-state index in [1.54, 1.807) is 6.92 Å². The third kappa shape index (κ3) is 10.3. The quantitative estimate of drug-likeness (QED) is 0.0592. The average Bonchev–Trinajstić information content (AvgIpc) is 3.01.